The summed E-state index contributed by atoms with van der Waals surface area (Å²) >= 11 is 0. The highest BCUT2D eigenvalue weighted by molar-refractivity contribution is 6.04. The topological polar surface area (TPSA) is 46.6 Å². The number of rotatable bonds is 3. The van der Waals surface area contributed by atoms with Gasteiger partial charge in [0.25, 0.3) is 0 Å². The maximum Gasteiger partial charge on any atom is 0.321 e. The van der Waals surface area contributed by atoms with Gasteiger partial charge in [0.15, 0.2) is 0 Å². The minimum atomic E-state index is -1.07. The molecule has 0 N–H and O–H groups in total. The summed E-state index contributed by atoms with van der Waals surface area (Å²) in [6.07, 6.45) is 0.498. The normalized spacial score (nSPS) is 23.5. The van der Waals surface area contributed by atoms with E-state index in [-0.39, 0.29) is 11.9 Å². The Hall–Kier alpha value is -1.84. The standard InChI is InChI=1S/C18H25NO3/c1-13(14-9-7-6-8-10-14)19-12-11-18(5,15(19)20)16(21)22-17(2,3)4/h6-10,13H,11-12H2,1-5H3/t13?,18-/m1/s1. The van der Waals surface area contributed by atoms with Crippen LogP contribution in [0.3, 0.4) is 0 Å². The summed E-state index contributed by atoms with van der Waals surface area (Å²) < 4.78 is 5.44. The van der Waals surface area contributed by atoms with Crippen LogP contribution in [0.1, 0.15) is 52.6 Å². The van der Waals surface area contributed by atoms with E-state index in [1.165, 1.54) is 0 Å². The van der Waals surface area contributed by atoms with Gasteiger partial charge in [-0.15, -0.1) is 0 Å². The van der Waals surface area contributed by atoms with Crippen molar-refractivity contribution in [1.82, 2.24) is 4.90 Å². The van der Waals surface area contributed by atoms with Gasteiger partial charge >= 0.3 is 5.97 Å². The molecule has 1 amide bonds. The van der Waals surface area contributed by atoms with Crippen molar-refractivity contribution in [3.63, 3.8) is 0 Å². The van der Waals surface area contributed by atoms with Gasteiger partial charge < -0.3 is 9.64 Å². The van der Waals surface area contributed by atoms with Crippen LogP contribution in [0.15, 0.2) is 30.3 Å². The molecule has 1 aromatic carbocycles. The highest BCUT2D eigenvalue weighted by atomic mass is 16.6. The molecular weight excluding hydrogens is 278 g/mol. The van der Waals surface area contributed by atoms with Crippen molar-refractivity contribution in [1.29, 1.82) is 0 Å². The van der Waals surface area contributed by atoms with Gasteiger partial charge in [-0.3, -0.25) is 9.59 Å². The number of benzene rings is 1. The summed E-state index contributed by atoms with van der Waals surface area (Å²) in [6, 6.07) is 9.83. The Morgan fingerprint density at radius 3 is 2.41 bits per heavy atom. The molecule has 0 bridgehead atoms. The van der Waals surface area contributed by atoms with Gasteiger partial charge in [0.1, 0.15) is 11.0 Å². The first-order valence-electron chi connectivity index (χ1n) is 7.74. The first-order chi connectivity index (χ1) is 10.1. The van der Waals surface area contributed by atoms with Crippen LogP contribution in [-0.2, 0) is 14.3 Å². The van der Waals surface area contributed by atoms with Gasteiger partial charge in [-0.05, 0) is 46.6 Å². The van der Waals surface area contributed by atoms with Crippen LogP contribution >= 0.6 is 0 Å². The summed E-state index contributed by atoms with van der Waals surface area (Å²) in [4.78, 5) is 27.0. The fraction of sp³-hybridized carbons (Fsp3) is 0.556. The molecule has 2 atom stereocenters. The molecule has 0 radical (unpaired) electrons. The van der Waals surface area contributed by atoms with Crippen LogP contribution < -0.4 is 0 Å². The Bertz CT molecular complexity index is 561. The first kappa shape index (κ1) is 16.5. The van der Waals surface area contributed by atoms with Crippen LogP contribution in [-0.4, -0.2) is 28.9 Å². The van der Waals surface area contributed by atoms with Crippen LogP contribution in [0, 0.1) is 5.41 Å². The lowest BCUT2D eigenvalue weighted by Crippen LogP contribution is -2.42. The van der Waals surface area contributed by atoms with Crippen LogP contribution in [0.4, 0.5) is 0 Å². The van der Waals surface area contributed by atoms with Crippen molar-refractivity contribution < 1.29 is 14.3 Å². The molecular formula is C18H25NO3. The summed E-state index contributed by atoms with van der Waals surface area (Å²) in [7, 11) is 0. The zero-order chi connectivity index (χ0) is 16.5. The lowest BCUT2D eigenvalue weighted by atomic mass is 9.88. The third-order valence-electron chi connectivity index (χ3n) is 4.18. The Labute approximate surface area is 132 Å². The van der Waals surface area contributed by atoms with E-state index in [0.29, 0.717) is 13.0 Å². The third kappa shape index (κ3) is 3.16. The third-order valence-corrected chi connectivity index (χ3v) is 4.18. The average Bonchev–Trinajstić information content (AvgIpc) is 2.75. The summed E-state index contributed by atoms with van der Waals surface area (Å²) in [5, 5.41) is 0. The van der Waals surface area contributed by atoms with Gasteiger partial charge in [-0.25, -0.2) is 0 Å². The number of hydrogen-bond acceptors (Lipinski definition) is 3. The van der Waals surface area contributed by atoms with E-state index in [1.54, 1.807) is 11.8 Å². The summed E-state index contributed by atoms with van der Waals surface area (Å²) in [5.74, 6) is -0.564. The predicted molar refractivity (Wildman–Crippen MR) is 85.1 cm³/mol. The maximum absolute atomic E-state index is 12.8. The van der Waals surface area contributed by atoms with Crippen molar-refractivity contribution >= 4 is 11.9 Å². The van der Waals surface area contributed by atoms with Crippen molar-refractivity contribution in [3.8, 4) is 0 Å². The van der Waals surface area contributed by atoms with Gasteiger partial charge in [0.05, 0.1) is 6.04 Å². The lowest BCUT2D eigenvalue weighted by molar-refractivity contribution is -0.170. The maximum atomic E-state index is 12.8. The Morgan fingerprint density at radius 1 is 1.27 bits per heavy atom. The van der Waals surface area contributed by atoms with E-state index in [0.717, 1.165) is 5.56 Å². The molecule has 1 aliphatic heterocycles. The second kappa shape index (κ2) is 5.75. The quantitative estimate of drug-likeness (QED) is 0.635. The Morgan fingerprint density at radius 2 is 1.86 bits per heavy atom. The smallest absolute Gasteiger partial charge is 0.321 e. The van der Waals surface area contributed by atoms with Crippen LogP contribution in [0.25, 0.3) is 0 Å². The number of nitrogens with zero attached hydrogens (tertiary/aromatic N) is 1. The molecule has 1 aliphatic rings. The van der Waals surface area contributed by atoms with E-state index in [1.807, 2.05) is 58.0 Å². The van der Waals surface area contributed by atoms with Crippen LogP contribution in [0.5, 0.6) is 0 Å². The molecule has 1 saturated heterocycles. The molecule has 2 rings (SSSR count). The van der Waals surface area contributed by atoms with E-state index in [9.17, 15) is 9.59 Å². The fourth-order valence-electron chi connectivity index (χ4n) is 2.73. The molecule has 4 nitrogen and oxygen atoms in total. The van der Waals surface area contributed by atoms with Crippen LogP contribution in [0.2, 0.25) is 0 Å². The molecule has 0 aromatic heterocycles. The summed E-state index contributed by atoms with van der Waals surface area (Å²) in [5.41, 5.74) is -0.584. The van der Waals surface area contributed by atoms with Crippen molar-refractivity contribution in [3.05, 3.63) is 35.9 Å². The molecule has 1 heterocycles. The Kier molecular flexibility index (Phi) is 4.32. The van der Waals surface area contributed by atoms with Gasteiger partial charge in [-0.1, -0.05) is 30.3 Å². The number of carbonyl (C=O) groups is 2. The molecule has 1 unspecified atom stereocenters. The first-order valence-corrected chi connectivity index (χ1v) is 7.74. The van der Waals surface area contributed by atoms with Gasteiger partial charge in [0, 0.05) is 6.54 Å². The minimum absolute atomic E-state index is 0.0436. The number of carbonyl (C=O) groups excluding carboxylic acids is 2. The van der Waals surface area contributed by atoms with Crippen molar-refractivity contribution in [2.75, 3.05) is 6.54 Å². The second-order valence-corrected chi connectivity index (χ2v) is 7.17. The molecule has 4 heteroatoms. The van der Waals surface area contributed by atoms with Crippen molar-refractivity contribution in [2.45, 2.75) is 52.7 Å². The number of amides is 1. The van der Waals surface area contributed by atoms with E-state index >= 15 is 0 Å². The number of esters is 1. The summed E-state index contributed by atoms with van der Waals surface area (Å²) in [6.45, 7) is 9.72. The molecule has 120 valence electrons. The minimum Gasteiger partial charge on any atom is -0.459 e. The zero-order valence-electron chi connectivity index (χ0n) is 14.1. The van der Waals surface area contributed by atoms with E-state index < -0.39 is 17.0 Å². The van der Waals surface area contributed by atoms with Gasteiger partial charge in [0.2, 0.25) is 5.91 Å². The zero-order valence-corrected chi connectivity index (χ0v) is 14.1. The molecule has 1 aromatic rings. The monoisotopic (exact) mass is 303 g/mol. The lowest BCUT2D eigenvalue weighted by Gasteiger charge is -2.29. The largest absolute Gasteiger partial charge is 0.459 e. The van der Waals surface area contributed by atoms with E-state index in [4.69, 9.17) is 4.74 Å². The molecule has 0 saturated carbocycles. The van der Waals surface area contributed by atoms with Gasteiger partial charge in [-0.2, -0.15) is 0 Å². The SMILES string of the molecule is CC(c1ccccc1)N1CC[C@@](C)(C(=O)OC(C)(C)C)C1=O. The number of likely N-dealkylation sites (tertiary alicyclic amines) is 1. The fourth-order valence-corrected chi connectivity index (χ4v) is 2.73. The molecule has 22 heavy (non-hydrogen) atoms. The average molecular weight is 303 g/mol. The highest BCUT2D eigenvalue weighted by Crippen LogP contribution is 2.38. The Balaban J connectivity index is 2.17. The number of hydrogen-bond donors (Lipinski definition) is 0. The molecule has 1 fully saturated rings. The second-order valence-electron chi connectivity index (χ2n) is 7.17. The highest BCUT2D eigenvalue weighted by Gasteiger charge is 2.51. The van der Waals surface area contributed by atoms with E-state index in [2.05, 4.69) is 0 Å². The predicted octanol–water partition coefficient (Wildman–Crippen LogP) is 3.33. The van der Waals surface area contributed by atoms with Crippen molar-refractivity contribution in [2.24, 2.45) is 5.41 Å². The molecule has 0 spiro atoms. The number of ether oxygens (including phenoxy) is 1. The molecule has 0 aliphatic carbocycles.